The number of benzene rings is 4. The summed E-state index contributed by atoms with van der Waals surface area (Å²) >= 11 is 22.5. The van der Waals surface area contributed by atoms with Crippen LogP contribution < -0.4 is 11.1 Å². The molecular weight excluding hydrogens is 626 g/mol. The first-order valence-corrected chi connectivity index (χ1v) is 13.6. The van der Waals surface area contributed by atoms with Crippen LogP contribution in [0.5, 0.6) is 0 Å². The van der Waals surface area contributed by atoms with Crippen molar-refractivity contribution in [3.63, 3.8) is 0 Å². The maximum Gasteiger partial charge on any atom is 0.283 e. The van der Waals surface area contributed by atoms with E-state index in [9.17, 15) is 19.2 Å². The number of imidazole rings is 2. The minimum Gasteiger partial charge on any atom is -0.268 e. The van der Waals surface area contributed by atoms with Gasteiger partial charge in [0.1, 0.15) is 11.3 Å². The number of hydrogen-bond donors (Lipinski definition) is 0. The lowest BCUT2D eigenvalue weighted by molar-refractivity contribution is 0.0916. The molecule has 0 saturated heterocycles. The molecule has 0 atom stereocenters. The Morgan fingerprint density at radius 3 is 1.33 bits per heavy atom. The van der Waals surface area contributed by atoms with E-state index >= 15 is 0 Å². The van der Waals surface area contributed by atoms with Crippen LogP contribution >= 0.6 is 47.1 Å². The lowest BCUT2D eigenvalue weighted by Gasteiger charge is -2.12. The highest BCUT2D eigenvalue weighted by Crippen LogP contribution is 2.37. The largest absolute Gasteiger partial charge is 0.283 e. The molecule has 2 amide bonds. The minimum atomic E-state index is -0.639. The highest BCUT2D eigenvalue weighted by atomic mass is 35.5. The molecule has 0 N–H and O–H groups in total. The summed E-state index contributed by atoms with van der Waals surface area (Å²) in [5.41, 5.74) is 2.25. The molecule has 10 nitrogen and oxygen atoms in total. The van der Waals surface area contributed by atoms with Gasteiger partial charge in [0.05, 0.1) is 22.1 Å². The first kappa shape index (κ1) is 25.2. The molecule has 0 aliphatic carbocycles. The van der Waals surface area contributed by atoms with Crippen LogP contribution in [0.2, 0.25) is 0 Å². The molecule has 0 saturated carbocycles. The van der Waals surface area contributed by atoms with Crippen LogP contribution in [0.4, 0.5) is 0 Å². The molecule has 0 bridgehead atoms. The smallest absolute Gasteiger partial charge is 0.268 e. The van der Waals surface area contributed by atoms with E-state index in [-0.39, 0.29) is 22.2 Å². The van der Waals surface area contributed by atoms with Crippen LogP contribution in [0.25, 0.3) is 65.7 Å². The summed E-state index contributed by atoms with van der Waals surface area (Å²) < 4.78 is 3.82. The number of amides is 2. The topological polar surface area (TPSA) is 109 Å². The first-order chi connectivity index (χ1) is 20.2. The maximum absolute atomic E-state index is 13.9. The normalized spacial score (nSPS) is 12.2. The predicted molar refractivity (Wildman–Crippen MR) is 162 cm³/mol. The second-order valence-corrected chi connectivity index (χ2v) is 11.4. The van der Waals surface area contributed by atoms with Gasteiger partial charge in [0.25, 0.3) is 22.9 Å². The zero-order valence-electron chi connectivity index (χ0n) is 20.6. The Bertz CT molecular complexity index is 2450. The number of nitrogens with zero attached hydrogens (tertiary/aromatic N) is 6. The average molecular weight is 636 g/mol. The van der Waals surface area contributed by atoms with Crippen molar-refractivity contribution >= 4 is 125 Å². The fraction of sp³-hybridized carbons (Fsp3) is 0. The van der Waals surface area contributed by atoms with E-state index in [1.165, 1.54) is 33.1 Å². The number of aromatic nitrogens is 4. The number of rotatable bonds is 2. The van der Waals surface area contributed by atoms with Crippen molar-refractivity contribution in [1.29, 1.82) is 0 Å². The molecule has 14 heteroatoms. The second kappa shape index (κ2) is 8.52. The van der Waals surface area contributed by atoms with E-state index in [0.29, 0.717) is 73.6 Å². The molecule has 0 radical (unpaired) electrons. The fourth-order valence-corrected chi connectivity index (χ4v) is 6.25. The lowest BCUT2D eigenvalue weighted by Crippen LogP contribution is -2.16. The summed E-state index contributed by atoms with van der Waals surface area (Å²) in [4.78, 5) is 61.8. The number of carbonyl (C=O) groups is 2. The summed E-state index contributed by atoms with van der Waals surface area (Å²) in [6.45, 7) is 0. The maximum atomic E-state index is 13.9. The quantitative estimate of drug-likeness (QED) is 0.174. The van der Waals surface area contributed by atoms with Gasteiger partial charge in [-0.25, -0.2) is 9.97 Å². The van der Waals surface area contributed by atoms with Crippen LogP contribution in [0.15, 0.2) is 70.3 Å². The second-order valence-electron chi connectivity index (χ2n) is 9.71. The Kier molecular flexibility index (Phi) is 5.12. The molecule has 0 spiro atoms. The number of hydrogen-bond acceptors (Lipinski definition) is 6. The standard InChI is InChI=1S/C28H10Cl4N6O4/c29-37(30)25(39)11-1-7-19-17(9-11)33-23-13-3-6-16-22-14(4-5-15(21(13)22)27(41)35(19)23)24-34-18-10-12(26(40)38(31)32)2-8-20(18)36(24)28(16)42/h1-10H. The van der Waals surface area contributed by atoms with Crippen molar-refractivity contribution in [3.8, 4) is 0 Å². The van der Waals surface area contributed by atoms with Gasteiger partial charge in [-0.15, -0.1) is 0 Å². The highest BCUT2D eigenvalue weighted by Gasteiger charge is 2.23. The van der Waals surface area contributed by atoms with E-state index in [1.54, 1.807) is 36.4 Å². The molecule has 4 aromatic heterocycles. The van der Waals surface area contributed by atoms with Gasteiger partial charge in [0.2, 0.25) is 0 Å². The molecule has 4 heterocycles. The van der Waals surface area contributed by atoms with Gasteiger partial charge in [-0.3, -0.25) is 28.0 Å². The van der Waals surface area contributed by atoms with Crippen LogP contribution in [-0.4, -0.2) is 38.5 Å². The summed E-state index contributed by atoms with van der Waals surface area (Å²) in [5.74, 6) is -1.28. The number of fused-ring (bicyclic) bond motifs is 8. The van der Waals surface area contributed by atoms with Crippen molar-refractivity contribution in [2.24, 2.45) is 0 Å². The van der Waals surface area contributed by atoms with Crippen molar-refractivity contribution in [2.45, 2.75) is 0 Å². The molecule has 8 rings (SSSR count). The van der Waals surface area contributed by atoms with Crippen molar-refractivity contribution in [2.75, 3.05) is 0 Å². The average Bonchev–Trinajstić information content (AvgIpc) is 3.56. The molecule has 0 fully saturated rings. The summed E-state index contributed by atoms with van der Waals surface area (Å²) in [5, 5.41) is 3.20. The summed E-state index contributed by atoms with van der Waals surface area (Å²) in [6, 6.07) is 16.2. The SMILES string of the molecule is O=C(c1ccc2c(c1)nc1c3ccc4c(=O)n5c6ccc(C(=O)N(Cl)Cl)cc6nc5c5ccc(c(=O)n21)c3c45)N(Cl)Cl. The molecule has 8 aromatic rings. The zero-order valence-corrected chi connectivity index (χ0v) is 23.6. The molecule has 42 heavy (non-hydrogen) atoms. The Labute approximate surface area is 252 Å². The van der Waals surface area contributed by atoms with Gasteiger partial charge in [0, 0.05) is 90.6 Å². The van der Waals surface area contributed by atoms with Gasteiger partial charge >= 0.3 is 0 Å². The van der Waals surface area contributed by atoms with Crippen LogP contribution in [0.1, 0.15) is 20.7 Å². The minimum absolute atomic E-state index is 0.198. The molecule has 204 valence electrons. The van der Waals surface area contributed by atoms with Crippen LogP contribution in [0.3, 0.4) is 0 Å². The molecule has 0 aliphatic rings. The molecule has 4 aromatic carbocycles. The van der Waals surface area contributed by atoms with E-state index in [4.69, 9.17) is 57.1 Å². The fourth-order valence-electron chi connectivity index (χ4n) is 5.86. The van der Waals surface area contributed by atoms with E-state index < -0.39 is 11.8 Å². The van der Waals surface area contributed by atoms with Crippen LogP contribution in [0, 0.1) is 0 Å². The molecular formula is C28H10Cl4N6O4. The third-order valence-electron chi connectivity index (χ3n) is 7.62. The monoisotopic (exact) mass is 634 g/mol. The van der Waals surface area contributed by atoms with Gasteiger partial charge in [0.15, 0.2) is 0 Å². The summed E-state index contributed by atoms with van der Waals surface area (Å²) in [7, 11) is 0. The highest BCUT2D eigenvalue weighted by molar-refractivity contribution is 6.43. The Hall–Kier alpha value is -4.48. The first-order valence-electron chi connectivity index (χ1n) is 12.2. The molecule has 0 aliphatic heterocycles. The lowest BCUT2D eigenvalue weighted by atomic mass is 9.96. The predicted octanol–water partition coefficient (Wildman–Crippen LogP) is 5.84. The number of halogens is 4. The van der Waals surface area contributed by atoms with Crippen molar-refractivity contribution in [3.05, 3.63) is 92.5 Å². The van der Waals surface area contributed by atoms with Gasteiger partial charge < -0.3 is 0 Å². The van der Waals surface area contributed by atoms with Crippen molar-refractivity contribution < 1.29 is 9.59 Å². The third kappa shape index (κ3) is 3.17. The molecule has 0 unspecified atom stereocenters. The number of carbonyl (C=O) groups excluding carboxylic acids is 2. The van der Waals surface area contributed by atoms with Crippen molar-refractivity contribution in [1.82, 2.24) is 26.6 Å². The Morgan fingerprint density at radius 2 is 0.952 bits per heavy atom. The van der Waals surface area contributed by atoms with Gasteiger partial charge in [-0.2, -0.15) is 7.88 Å². The van der Waals surface area contributed by atoms with E-state index in [2.05, 4.69) is 0 Å². The zero-order chi connectivity index (χ0) is 29.2. The van der Waals surface area contributed by atoms with Gasteiger partial charge in [-0.1, -0.05) is 0 Å². The van der Waals surface area contributed by atoms with E-state index in [0.717, 1.165) is 0 Å². The Balaban J connectivity index is 1.49. The Morgan fingerprint density at radius 1 is 0.571 bits per heavy atom. The number of pyridine rings is 2. The van der Waals surface area contributed by atoms with Gasteiger partial charge in [-0.05, 0) is 60.7 Å². The van der Waals surface area contributed by atoms with Crippen LogP contribution in [-0.2, 0) is 0 Å². The van der Waals surface area contributed by atoms with E-state index in [1.807, 2.05) is 0 Å². The third-order valence-corrected chi connectivity index (χ3v) is 8.23. The summed E-state index contributed by atoms with van der Waals surface area (Å²) in [6.07, 6.45) is 0.